The van der Waals surface area contributed by atoms with E-state index in [-0.39, 0.29) is 11.6 Å². The van der Waals surface area contributed by atoms with Crippen molar-refractivity contribution in [1.82, 2.24) is 4.98 Å². The number of carbonyl (C=O) groups excluding carboxylic acids is 1. The minimum absolute atomic E-state index is 0.0134. The summed E-state index contributed by atoms with van der Waals surface area (Å²) in [5.41, 5.74) is 2.17. The number of nitrogens with one attached hydrogen (secondary N) is 1. The molecule has 0 bridgehead atoms. The van der Waals surface area contributed by atoms with Crippen molar-refractivity contribution in [3.8, 4) is 22.8 Å². The van der Waals surface area contributed by atoms with Crippen molar-refractivity contribution >= 4 is 34.1 Å². The van der Waals surface area contributed by atoms with E-state index >= 15 is 0 Å². The summed E-state index contributed by atoms with van der Waals surface area (Å²) in [7, 11) is 1.58. The third-order valence-corrected chi connectivity index (χ3v) is 5.43. The number of hydrogen-bond donors (Lipinski definition) is 1. The summed E-state index contributed by atoms with van der Waals surface area (Å²) < 4.78 is 11.2. The van der Waals surface area contributed by atoms with Crippen LogP contribution in [0, 0.1) is 16.0 Å². The van der Waals surface area contributed by atoms with Crippen LogP contribution in [0.1, 0.15) is 25.8 Å². The molecular weight excluding hydrogens is 442 g/mol. The molecule has 0 saturated carbocycles. The van der Waals surface area contributed by atoms with Crippen molar-refractivity contribution in [2.24, 2.45) is 5.92 Å². The highest BCUT2D eigenvalue weighted by molar-refractivity contribution is 7.14. The summed E-state index contributed by atoms with van der Waals surface area (Å²) in [6, 6.07) is 11.6. The van der Waals surface area contributed by atoms with E-state index in [0.29, 0.717) is 34.8 Å². The number of ether oxygens (including phenoxy) is 2. The van der Waals surface area contributed by atoms with Gasteiger partial charge in [0.05, 0.1) is 24.3 Å². The molecule has 1 N–H and O–H groups in total. The van der Waals surface area contributed by atoms with Gasteiger partial charge in [-0.05, 0) is 48.2 Å². The molecule has 3 rings (SSSR count). The fraction of sp³-hybridized carbons (Fsp3) is 0.250. The van der Waals surface area contributed by atoms with Crippen LogP contribution in [-0.4, -0.2) is 29.5 Å². The van der Waals surface area contributed by atoms with Crippen LogP contribution in [0.2, 0.25) is 0 Å². The minimum atomic E-state index is -0.453. The largest absolute Gasteiger partial charge is 0.493 e. The smallest absolute Gasteiger partial charge is 0.269 e. The van der Waals surface area contributed by atoms with E-state index in [1.807, 2.05) is 18.2 Å². The monoisotopic (exact) mass is 467 g/mol. The number of anilines is 1. The predicted octanol–water partition coefficient (Wildman–Crippen LogP) is 5.80. The van der Waals surface area contributed by atoms with Gasteiger partial charge in [0.25, 0.3) is 5.69 Å². The maximum atomic E-state index is 12.3. The molecule has 33 heavy (non-hydrogen) atoms. The van der Waals surface area contributed by atoms with Crippen LogP contribution in [0.3, 0.4) is 0 Å². The molecule has 0 aliphatic rings. The number of benzene rings is 2. The lowest BCUT2D eigenvalue weighted by atomic mass is 10.1. The molecule has 1 aromatic heterocycles. The molecule has 0 atom stereocenters. The van der Waals surface area contributed by atoms with Gasteiger partial charge in [0.2, 0.25) is 5.91 Å². The zero-order chi connectivity index (χ0) is 23.8. The van der Waals surface area contributed by atoms with Crippen LogP contribution in [0.15, 0.2) is 53.9 Å². The maximum absolute atomic E-state index is 12.3. The number of nitro groups is 1. The molecule has 0 aliphatic carbocycles. The number of nitro benzene ring substituents is 1. The Morgan fingerprint density at radius 1 is 1.21 bits per heavy atom. The van der Waals surface area contributed by atoms with Crippen LogP contribution < -0.4 is 14.8 Å². The first-order valence-electron chi connectivity index (χ1n) is 10.4. The average Bonchev–Trinajstić information content (AvgIpc) is 3.26. The van der Waals surface area contributed by atoms with Crippen molar-refractivity contribution in [3.05, 3.63) is 69.6 Å². The highest BCUT2D eigenvalue weighted by Crippen LogP contribution is 2.29. The fourth-order valence-electron chi connectivity index (χ4n) is 2.85. The number of methoxy groups -OCH3 is 1. The lowest BCUT2D eigenvalue weighted by Gasteiger charge is -2.12. The number of carbonyl (C=O) groups is 1. The second-order valence-corrected chi connectivity index (χ2v) is 8.46. The lowest BCUT2D eigenvalue weighted by Crippen LogP contribution is -2.07. The lowest BCUT2D eigenvalue weighted by molar-refractivity contribution is -0.384. The van der Waals surface area contributed by atoms with E-state index in [1.54, 1.807) is 30.7 Å². The summed E-state index contributed by atoms with van der Waals surface area (Å²) in [5, 5.41) is 15.7. The van der Waals surface area contributed by atoms with Gasteiger partial charge < -0.3 is 9.47 Å². The molecule has 3 aromatic rings. The first-order chi connectivity index (χ1) is 15.9. The van der Waals surface area contributed by atoms with E-state index < -0.39 is 4.92 Å². The first kappa shape index (κ1) is 23.9. The molecule has 0 unspecified atom stereocenters. The van der Waals surface area contributed by atoms with Crippen molar-refractivity contribution in [2.75, 3.05) is 19.0 Å². The predicted molar refractivity (Wildman–Crippen MR) is 130 cm³/mol. The van der Waals surface area contributed by atoms with Crippen molar-refractivity contribution < 1.29 is 19.2 Å². The van der Waals surface area contributed by atoms with Gasteiger partial charge in [0.15, 0.2) is 16.6 Å². The van der Waals surface area contributed by atoms with Gasteiger partial charge in [-0.15, -0.1) is 11.3 Å². The summed E-state index contributed by atoms with van der Waals surface area (Å²) in [5.74, 6) is 1.51. The van der Waals surface area contributed by atoms with Gasteiger partial charge in [-0.1, -0.05) is 19.9 Å². The summed E-state index contributed by atoms with van der Waals surface area (Å²) >= 11 is 1.28. The van der Waals surface area contributed by atoms with Gasteiger partial charge in [-0.25, -0.2) is 4.98 Å². The van der Waals surface area contributed by atoms with Crippen LogP contribution in [0.4, 0.5) is 10.8 Å². The Balaban J connectivity index is 1.60. The molecule has 2 aromatic carbocycles. The minimum Gasteiger partial charge on any atom is -0.493 e. The summed E-state index contributed by atoms with van der Waals surface area (Å²) in [6.45, 7) is 4.89. The Morgan fingerprint density at radius 2 is 1.97 bits per heavy atom. The van der Waals surface area contributed by atoms with E-state index in [2.05, 4.69) is 24.1 Å². The quantitative estimate of drug-likeness (QED) is 0.229. The third-order valence-electron chi connectivity index (χ3n) is 4.68. The topological polar surface area (TPSA) is 104 Å². The van der Waals surface area contributed by atoms with Gasteiger partial charge in [0, 0.05) is 29.2 Å². The molecule has 0 saturated heterocycles. The highest BCUT2D eigenvalue weighted by atomic mass is 32.1. The van der Waals surface area contributed by atoms with Crippen LogP contribution >= 0.6 is 11.3 Å². The number of non-ortho nitro benzene ring substituents is 1. The van der Waals surface area contributed by atoms with E-state index in [9.17, 15) is 14.9 Å². The normalized spacial score (nSPS) is 11.0. The van der Waals surface area contributed by atoms with Crippen LogP contribution in [0.5, 0.6) is 11.5 Å². The standard InChI is InChI=1S/C24H25N3O5S/c1-16(2)12-13-32-21-10-4-17(14-22(21)31-3)5-11-23(28)26-24-25-20(15-33-24)18-6-8-19(9-7-18)27(29)30/h4-11,14-16H,12-13H2,1-3H3,(H,25,26,28)/b11-5+. The van der Waals surface area contributed by atoms with Crippen molar-refractivity contribution in [2.45, 2.75) is 20.3 Å². The molecule has 0 aliphatic heterocycles. The van der Waals surface area contributed by atoms with Crippen LogP contribution in [-0.2, 0) is 4.79 Å². The SMILES string of the molecule is COc1cc(/C=C/C(=O)Nc2nc(-c3ccc([N+](=O)[O-])cc3)cs2)ccc1OCCC(C)C. The zero-order valence-electron chi connectivity index (χ0n) is 18.6. The fourth-order valence-corrected chi connectivity index (χ4v) is 3.57. The van der Waals surface area contributed by atoms with E-state index in [4.69, 9.17) is 9.47 Å². The maximum Gasteiger partial charge on any atom is 0.269 e. The zero-order valence-corrected chi connectivity index (χ0v) is 19.4. The first-order valence-corrected chi connectivity index (χ1v) is 11.2. The molecule has 0 fully saturated rings. The molecule has 1 amide bonds. The van der Waals surface area contributed by atoms with Gasteiger partial charge in [0.1, 0.15) is 0 Å². The Morgan fingerprint density at radius 3 is 2.64 bits per heavy atom. The molecule has 8 nitrogen and oxygen atoms in total. The molecule has 0 radical (unpaired) electrons. The average molecular weight is 468 g/mol. The van der Waals surface area contributed by atoms with Crippen molar-refractivity contribution in [1.29, 1.82) is 0 Å². The second-order valence-electron chi connectivity index (χ2n) is 7.61. The van der Waals surface area contributed by atoms with E-state index in [0.717, 1.165) is 17.5 Å². The summed E-state index contributed by atoms with van der Waals surface area (Å²) in [6.07, 6.45) is 4.05. The molecule has 9 heteroatoms. The van der Waals surface area contributed by atoms with Crippen LogP contribution in [0.25, 0.3) is 17.3 Å². The number of hydrogen-bond acceptors (Lipinski definition) is 7. The Labute approximate surface area is 196 Å². The number of amides is 1. The molecule has 172 valence electrons. The number of aromatic nitrogens is 1. The summed E-state index contributed by atoms with van der Waals surface area (Å²) in [4.78, 5) is 27.0. The molecule has 0 spiro atoms. The van der Waals surface area contributed by atoms with Gasteiger partial charge >= 0.3 is 0 Å². The number of rotatable bonds is 10. The Hall–Kier alpha value is -3.72. The Bertz CT molecular complexity index is 1140. The second kappa shape index (κ2) is 11.2. The number of thiazole rings is 1. The molecular formula is C24H25N3O5S. The molecule has 1 heterocycles. The van der Waals surface area contributed by atoms with Gasteiger partial charge in [-0.3, -0.25) is 20.2 Å². The third kappa shape index (κ3) is 6.88. The highest BCUT2D eigenvalue weighted by Gasteiger charge is 2.10. The van der Waals surface area contributed by atoms with Gasteiger partial charge in [-0.2, -0.15) is 0 Å². The Kier molecular flexibility index (Phi) is 8.15. The van der Waals surface area contributed by atoms with E-state index in [1.165, 1.54) is 29.5 Å². The number of nitrogens with zero attached hydrogens (tertiary/aromatic N) is 2. The van der Waals surface area contributed by atoms with Crippen molar-refractivity contribution in [3.63, 3.8) is 0 Å².